The van der Waals surface area contributed by atoms with Crippen LogP contribution in [0.3, 0.4) is 0 Å². The Bertz CT molecular complexity index is 1170. The standard InChI is InChI=1S/C23H26N4O5/c1-30-16-7-8-19(20(15-16)31-2)27-23(29)18-6-4-3-5-17(18)21(25-27)22(28)24-9-10-26-11-13-32-14-12-26/h3-8,15H,9-14H2,1-2H3,(H,24,28)/p+1. The molecule has 4 rings (SSSR count). The third-order valence-corrected chi connectivity index (χ3v) is 5.60. The lowest BCUT2D eigenvalue weighted by Gasteiger charge is -2.23. The maximum atomic E-state index is 13.2. The second-order valence-corrected chi connectivity index (χ2v) is 7.52. The molecule has 9 nitrogen and oxygen atoms in total. The minimum absolute atomic E-state index is 0.190. The molecule has 1 aromatic heterocycles. The van der Waals surface area contributed by atoms with Gasteiger partial charge >= 0.3 is 0 Å². The first-order valence-electron chi connectivity index (χ1n) is 10.6. The Labute approximate surface area is 185 Å². The third-order valence-electron chi connectivity index (χ3n) is 5.60. The number of amides is 1. The van der Waals surface area contributed by atoms with E-state index < -0.39 is 0 Å². The average Bonchev–Trinajstić information content (AvgIpc) is 2.84. The van der Waals surface area contributed by atoms with Gasteiger partial charge in [-0.3, -0.25) is 9.59 Å². The van der Waals surface area contributed by atoms with Crippen molar-refractivity contribution in [1.82, 2.24) is 15.1 Å². The van der Waals surface area contributed by atoms with Crippen molar-refractivity contribution < 1.29 is 23.9 Å². The molecule has 2 heterocycles. The van der Waals surface area contributed by atoms with Crippen LogP contribution < -0.4 is 25.2 Å². The number of methoxy groups -OCH3 is 2. The summed E-state index contributed by atoms with van der Waals surface area (Å²) in [6.45, 7) is 4.65. The number of hydrogen-bond acceptors (Lipinski definition) is 6. The molecule has 0 spiro atoms. The number of benzene rings is 2. The van der Waals surface area contributed by atoms with Crippen molar-refractivity contribution in [3.63, 3.8) is 0 Å². The number of rotatable bonds is 7. The quantitative estimate of drug-likeness (QED) is 0.540. The van der Waals surface area contributed by atoms with E-state index in [0.717, 1.165) is 32.8 Å². The first-order valence-corrected chi connectivity index (χ1v) is 10.6. The Balaban J connectivity index is 1.69. The fraction of sp³-hybridized carbons (Fsp3) is 0.348. The lowest BCUT2D eigenvalue weighted by atomic mass is 10.1. The highest BCUT2D eigenvalue weighted by molar-refractivity contribution is 6.04. The molecular formula is C23H27N4O5+. The summed E-state index contributed by atoms with van der Waals surface area (Å²) < 4.78 is 17.3. The van der Waals surface area contributed by atoms with Crippen molar-refractivity contribution in [1.29, 1.82) is 0 Å². The normalized spacial score (nSPS) is 14.3. The van der Waals surface area contributed by atoms with Crippen molar-refractivity contribution >= 4 is 16.7 Å². The highest BCUT2D eigenvalue weighted by atomic mass is 16.5. The Morgan fingerprint density at radius 1 is 1.12 bits per heavy atom. The molecule has 0 aliphatic carbocycles. The Morgan fingerprint density at radius 2 is 1.88 bits per heavy atom. The molecule has 1 aliphatic rings. The molecule has 2 N–H and O–H groups in total. The van der Waals surface area contributed by atoms with Gasteiger partial charge in [0.2, 0.25) is 0 Å². The van der Waals surface area contributed by atoms with Gasteiger partial charge in [0, 0.05) is 11.5 Å². The zero-order chi connectivity index (χ0) is 22.5. The monoisotopic (exact) mass is 439 g/mol. The van der Waals surface area contributed by atoms with Crippen LogP contribution in [-0.2, 0) is 4.74 Å². The minimum Gasteiger partial charge on any atom is -0.497 e. The van der Waals surface area contributed by atoms with Crippen molar-refractivity contribution in [3.8, 4) is 17.2 Å². The molecule has 3 aromatic rings. The van der Waals surface area contributed by atoms with Crippen LogP contribution in [0.5, 0.6) is 11.5 Å². The van der Waals surface area contributed by atoms with Crippen LogP contribution in [0.4, 0.5) is 0 Å². The van der Waals surface area contributed by atoms with E-state index in [9.17, 15) is 9.59 Å². The van der Waals surface area contributed by atoms with Gasteiger partial charge in [0.1, 0.15) is 30.3 Å². The van der Waals surface area contributed by atoms with Gasteiger partial charge in [-0.25, -0.2) is 0 Å². The summed E-state index contributed by atoms with van der Waals surface area (Å²) in [4.78, 5) is 27.7. The van der Waals surface area contributed by atoms with E-state index in [1.165, 1.54) is 16.7 Å². The van der Waals surface area contributed by atoms with E-state index in [4.69, 9.17) is 14.2 Å². The predicted octanol–water partition coefficient (Wildman–Crippen LogP) is 0.0478. The van der Waals surface area contributed by atoms with Gasteiger partial charge < -0.3 is 24.4 Å². The number of morpholine rings is 1. The summed E-state index contributed by atoms with van der Waals surface area (Å²) >= 11 is 0. The van der Waals surface area contributed by atoms with Crippen LogP contribution in [-0.4, -0.2) is 69.3 Å². The highest BCUT2D eigenvalue weighted by Crippen LogP contribution is 2.27. The number of hydrogen-bond donors (Lipinski definition) is 2. The molecule has 32 heavy (non-hydrogen) atoms. The summed E-state index contributed by atoms with van der Waals surface area (Å²) in [5.41, 5.74) is 0.282. The van der Waals surface area contributed by atoms with E-state index in [2.05, 4.69) is 10.4 Å². The minimum atomic E-state index is -0.335. The summed E-state index contributed by atoms with van der Waals surface area (Å²) in [6, 6.07) is 12.1. The van der Waals surface area contributed by atoms with Crippen LogP contribution in [0.2, 0.25) is 0 Å². The van der Waals surface area contributed by atoms with Crippen molar-refractivity contribution in [2.24, 2.45) is 0 Å². The van der Waals surface area contributed by atoms with Crippen LogP contribution >= 0.6 is 0 Å². The molecule has 0 atom stereocenters. The molecular weight excluding hydrogens is 412 g/mol. The number of nitrogens with zero attached hydrogens (tertiary/aromatic N) is 2. The smallest absolute Gasteiger partial charge is 0.279 e. The topological polar surface area (TPSA) is 96.1 Å². The lowest BCUT2D eigenvalue weighted by Crippen LogP contribution is -3.14. The number of carbonyl (C=O) groups excluding carboxylic acids is 1. The average molecular weight is 439 g/mol. The molecule has 0 radical (unpaired) electrons. The number of fused-ring (bicyclic) bond motifs is 1. The zero-order valence-corrected chi connectivity index (χ0v) is 18.2. The largest absolute Gasteiger partial charge is 0.497 e. The lowest BCUT2D eigenvalue weighted by molar-refractivity contribution is -0.906. The molecule has 1 amide bonds. The van der Waals surface area contributed by atoms with Crippen molar-refractivity contribution in [2.45, 2.75) is 0 Å². The Hall–Kier alpha value is -3.43. The van der Waals surface area contributed by atoms with Gasteiger partial charge in [0.15, 0.2) is 5.69 Å². The summed E-state index contributed by atoms with van der Waals surface area (Å²) in [5, 5.41) is 8.32. The van der Waals surface area contributed by atoms with E-state index in [-0.39, 0.29) is 17.2 Å². The molecule has 1 aliphatic heterocycles. The maximum Gasteiger partial charge on any atom is 0.279 e. The van der Waals surface area contributed by atoms with Crippen LogP contribution in [0.15, 0.2) is 47.3 Å². The molecule has 168 valence electrons. The zero-order valence-electron chi connectivity index (χ0n) is 18.2. The predicted molar refractivity (Wildman–Crippen MR) is 119 cm³/mol. The molecule has 0 bridgehead atoms. The van der Waals surface area contributed by atoms with Gasteiger partial charge in [-0.2, -0.15) is 9.78 Å². The van der Waals surface area contributed by atoms with E-state index in [0.29, 0.717) is 34.5 Å². The number of quaternary nitrogens is 1. The molecule has 1 fully saturated rings. The summed E-state index contributed by atoms with van der Waals surface area (Å²) in [5.74, 6) is 0.676. The van der Waals surface area contributed by atoms with Crippen LogP contribution in [0, 0.1) is 0 Å². The second kappa shape index (κ2) is 9.80. The van der Waals surface area contributed by atoms with E-state index in [1.54, 1.807) is 49.6 Å². The van der Waals surface area contributed by atoms with Crippen molar-refractivity contribution in [2.75, 3.05) is 53.6 Å². The highest BCUT2D eigenvalue weighted by Gasteiger charge is 2.20. The molecule has 9 heteroatoms. The maximum absolute atomic E-state index is 13.2. The molecule has 2 aromatic carbocycles. The molecule has 0 saturated carbocycles. The number of carbonyl (C=O) groups is 1. The van der Waals surface area contributed by atoms with Gasteiger partial charge in [0.25, 0.3) is 11.5 Å². The first kappa shape index (κ1) is 21.8. The SMILES string of the molecule is COc1ccc(-n2nc(C(=O)NCC[NH+]3CCOCC3)c3ccccc3c2=O)c(OC)c1. The van der Waals surface area contributed by atoms with Gasteiger partial charge in [-0.15, -0.1) is 0 Å². The number of ether oxygens (including phenoxy) is 3. The second-order valence-electron chi connectivity index (χ2n) is 7.52. The fourth-order valence-electron chi connectivity index (χ4n) is 3.83. The first-order chi connectivity index (χ1) is 15.6. The Morgan fingerprint density at radius 3 is 2.59 bits per heavy atom. The summed E-state index contributed by atoms with van der Waals surface area (Å²) in [7, 11) is 3.06. The van der Waals surface area contributed by atoms with E-state index in [1.807, 2.05) is 0 Å². The Kier molecular flexibility index (Phi) is 6.67. The fourth-order valence-corrected chi connectivity index (χ4v) is 3.83. The third kappa shape index (κ3) is 4.44. The molecule has 1 saturated heterocycles. The number of aromatic nitrogens is 2. The van der Waals surface area contributed by atoms with Crippen LogP contribution in [0.1, 0.15) is 10.5 Å². The van der Waals surface area contributed by atoms with E-state index >= 15 is 0 Å². The van der Waals surface area contributed by atoms with Gasteiger partial charge in [-0.05, 0) is 18.2 Å². The van der Waals surface area contributed by atoms with Gasteiger partial charge in [0.05, 0.1) is 45.9 Å². The van der Waals surface area contributed by atoms with Gasteiger partial charge in [-0.1, -0.05) is 18.2 Å². The molecule has 0 unspecified atom stereocenters. The summed E-state index contributed by atoms with van der Waals surface area (Å²) in [6.07, 6.45) is 0. The van der Waals surface area contributed by atoms with Crippen molar-refractivity contribution in [3.05, 3.63) is 58.5 Å². The van der Waals surface area contributed by atoms with Crippen LogP contribution in [0.25, 0.3) is 16.5 Å². The number of nitrogens with one attached hydrogen (secondary N) is 2.